The summed E-state index contributed by atoms with van der Waals surface area (Å²) in [7, 11) is 0. The number of carboxylic acids is 1. The summed E-state index contributed by atoms with van der Waals surface area (Å²) in [5.74, 6) is -0.795. The van der Waals surface area contributed by atoms with E-state index in [1.54, 1.807) is 24.3 Å². The number of benzene rings is 1. The van der Waals surface area contributed by atoms with Gasteiger partial charge in [-0.15, -0.1) is 0 Å². The molecule has 20 heavy (non-hydrogen) atoms. The molecule has 0 aromatic heterocycles. The van der Waals surface area contributed by atoms with Gasteiger partial charge in [-0.1, -0.05) is 25.5 Å². The minimum Gasteiger partial charge on any atom is -0.478 e. The molecule has 0 spiro atoms. The zero-order chi connectivity index (χ0) is 14.5. The molecule has 4 nitrogen and oxygen atoms in total. The van der Waals surface area contributed by atoms with Gasteiger partial charge in [0.15, 0.2) is 0 Å². The van der Waals surface area contributed by atoms with Gasteiger partial charge in [-0.3, -0.25) is 0 Å². The van der Waals surface area contributed by atoms with Crippen molar-refractivity contribution >= 4 is 5.97 Å². The summed E-state index contributed by atoms with van der Waals surface area (Å²) >= 11 is 0. The van der Waals surface area contributed by atoms with E-state index in [2.05, 4.69) is 4.90 Å². The lowest BCUT2D eigenvalue weighted by molar-refractivity contribution is 0.0695. The second-order valence-electron chi connectivity index (χ2n) is 5.71. The number of rotatable bonds is 5. The first-order chi connectivity index (χ1) is 9.58. The van der Waals surface area contributed by atoms with Crippen LogP contribution in [0.3, 0.4) is 0 Å². The monoisotopic (exact) mass is 277 g/mol. The lowest BCUT2D eigenvalue weighted by Crippen LogP contribution is -2.35. The molecule has 1 heterocycles. The van der Waals surface area contributed by atoms with Crippen LogP contribution in [0.2, 0.25) is 0 Å². The maximum atomic E-state index is 10.8. The fraction of sp³-hybridized carbons (Fsp3) is 0.562. The Balaban J connectivity index is 1.94. The number of hydrogen-bond donors (Lipinski definition) is 2. The third-order valence-corrected chi connectivity index (χ3v) is 4.03. The van der Waals surface area contributed by atoms with Crippen LogP contribution in [0, 0.1) is 5.92 Å². The number of aliphatic hydroxyl groups excluding tert-OH is 1. The molecule has 2 N–H and O–H groups in total. The highest BCUT2D eigenvalue weighted by molar-refractivity contribution is 5.87. The van der Waals surface area contributed by atoms with Gasteiger partial charge in [0.25, 0.3) is 0 Å². The van der Waals surface area contributed by atoms with Crippen molar-refractivity contribution in [2.24, 2.45) is 5.92 Å². The summed E-state index contributed by atoms with van der Waals surface area (Å²) in [5, 5.41) is 19.2. The Morgan fingerprint density at radius 3 is 2.35 bits per heavy atom. The number of carboxylic acid groups (broad SMARTS) is 1. The number of aromatic carboxylic acids is 1. The highest BCUT2D eigenvalue weighted by Crippen LogP contribution is 2.24. The molecule has 1 fully saturated rings. The fourth-order valence-corrected chi connectivity index (χ4v) is 2.80. The van der Waals surface area contributed by atoms with E-state index in [4.69, 9.17) is 5.11 Å². The molecule has 1 aromatic carbocycles. The molecule has 0 saturated carbocycles. The van der Waals surface area contributed by atoms with E-state index in [1.165, 1.54) is 19.3 Å². The van der Waals surface area contributed by atoms with E-state index in [9.17, 15) is 9.90 Å². The Hall–Kier alpha value is -1.39. The largest absolute Gasteiger partial charge is 0.478 e. The molecule has 4 heteroatoms. The van der Waals surface area contributed by atoms with Gasteiger partial charge in [0, 0.05) is 6.54 Å². The van der Waals surface area contributed by atoms with E-state index in [1.807, 2.05) is 6.92 Å². The Kier molecular flexibility index (Phi) is 5.15. The molecule has 0 amide bonds. The highest BCUT2D eigenvalue weighted by Gasteiger charge is 2.20. The second kappa shape index (κ2) is 6.86. The van der Waals surface area contributed by atoms with Gasteiger partial charge in [-0.05, 0) is 49.5 Å². The van der Waals surface area contributed by atoms with Gasteiger partial charge in [0.2, 0.25) is 0 Å². The fourth-order valence-electron chi connectivity index (χ4n) is 2.80. The minimum absolute atomic E-state index is 0.142. The van der Waals surface area contributed by atoms with Crippen molar-refractivity contribution in [3.63, 3.8) is 0 Å². The van der Waals surface area contributed by atoms with Crippen molar-refractivity contribution in [3.8, 4) is 0 Å². The maximum Gasteiger partial charge on any atom is 0.335 e. The van der Waals surface area contributed by atoms with Crippen LogP contribution >= 0.6 is 0 Å². The zero-order valence-corrected chi connectivity index (χ0v) is 12.0. The van der Waals surface area contributed by atoms with Crippen LogP contribution in [0.25, 0.3) is 0 Å². The standard InChI is InChI=1S/C16H23NO3/c1-12(11-17-9-3-2-4-10-17)15(18)13-5-7-14(8-6-13)16(19)20/h5-8,12,15,18H,2-4,9-11H2,1H3,(H,19,20)/t12-,15+/m1/s1. The summed E-state index contributed by atoms with van der Waals surface area (Å²) < 4.78 is 0. The van der Waals surface area contributed by atoms with E-state index in [-0.39, 0.29) is 11.5 Å². The first kappa shape index (κ1) is 15.0. The molecule has 1 saturated heterocycles. The van der Waals surface area contributed by atoms with E-state index in [0.29, 0.717) is 0 Å². The molecular formula is C16H23NO3. The van der Waals surface area contributed by atoms with Gasteiger partial charge in [-0.25, -0.2) is 4.79 Å². The van der Waals surface area contributed by atoms with Gasteiger partial charge >= 0.3 is 5.97 Å². The molecule has 0 unspecified atom stereocenters. The van der Waals surface area contributed by atoms with E-state index < -0.39 is 12.1 Å². The Morgan fingerprint density at radius 1 is 1.20 bits per heavy atom. The van der Waals surface area contributed by atoms with Crippen molar-refractivity contribution in [2.75, 3.05) is 19.6 Å². The molecular weight excluding hydrogens is 254 g/mol. The minimum atomic E-state index is -0.938. The van der Waals surface area contributed by atoms with Crippen molar-refractivity contribution < 1.29 is 15.0 Å². The smallest absolute Gasteiger partial charge is 0.335 e. The van der Waals surface area contributed by atoms with Crippen LogP contribution in [0.15, 0.2) is 24.3 Å². The quantitative estimate of drug-likeness (QED) is 0.868. The summed E-state index contributed by atoms with van der Waals surface area (Å²) in [4.78, 5) is 13.2. The summed E-state index contributed by atoms with van der Waals surface area (Å²) in [6, 6.07) is 6.52. The van der Waals surface area contributed by atoms with Crippen molar-refractivity contribution in [1.29, 1.82) is 0 Å². The highest BCUT2D eigenvalue weighted by atomic mass is 16.4. The van der Waals surface area contributed by atoms with Crippen LogP contribution in [-0.2, 0) is 0 Å². The SMILES string of the molecule is C[C@H](CN1CCCCC1)[C@H](O)c1ccc(C(=O)O)cc1. The third kappa shape index (κ3) is 3.81. The van der Waals surface area contributed by atoms with Gasteiger partial charge < -0.3 is 15.1 Å². The lowest BCUT2D eigenvalue weighted by Gasteiger charge is -2.31. The molecule has 0 radical (unpaired) electrons. The molecule has 110 valence electrons. The zero-order valence-electron chi connectivity index (χ0n) is 12.0. The van der Waals surface area contributed by atoms with Crippen LogP contribution in [0.5, 0.6) is 0 Å². The molecule has 0 aliphatic carbocycles. The van der Waals surface area contributed by atoms with Crippen molar-refractivity contribution in [3.05, 3.63) is 35.4 Å². The van der Waals surface area contributed by atoms with E-state index in [0.717, 1.165) is 25.2 Å². The molecule has 1 aromatic rings. The van der Waals surface area contributed by atoms with E-state index >= 15 is 0 Å². The van der Waals surface area contributed by atoms with Crippen LogP contribution in [-0.4, -0.2) is 40.7 Å². The predicted molar refractivity (Wildman–Crippen MR) is 77.8 cm³/mol. The number of aliphatic hydroxyl groups is 1. The third-order valence-electron chi connectivity index (χ3n) is 4.03. The number of hydrogen-bond acceptors (Lipinski definition) is 3. The normalized spacial score (nSPS) is 19.5. The molecule has 1 aliphatic heterocycles. The second-order valence-corrected chi connectivity index (χ2v) is 5.71. The topological polar surface area (TPSA) is 60.8 Å². The molecule has 1 aliphatic rings. The predicted octanol–water partition coefficient (Wildman–Crippen LogP) is 2.54. The van der Waals surface area contributed by atoms with Crippen LogP contribution in [0.4, 0.5) is 0 Å². The van der Waals surface area contributed by atoms with Crippen LogP contribution < -0.4 is 0 Å². The average molecular weight is 277 g/mol. The van der Waals surface area contributed by atoms with Gasteiger partial charge in [-0.2, -0.15) is 0 Å². The Labute approximate surface area is 120 Å². The van der Waals surface area contributed by atoms with Gasteiger partial charge in [0.1, 0.15) is 0 Å². The number of likely N-dealkylation sites (tertiary alicyclic amines) is 1. The molecule has 2 rings (SSSR count). The molecule has 2 atom stereocenters. The number of carbonyl (C=O) groups is 1. The van der Waals surface area contributed by atoms with Crippen molar-refractivity contribution in [2.45, 2.75) is 32.3 Å². The lowest BCUT2D eigenvalue weighted by atomic mass is 9.95. The van der Waals surface area contributed by atoms with Crippen LogP contribution in [0.1, 0.15) is 48.2 Å². The summed E-state index contributed by atoms with van der Waals surface area (Å²) in [5.41, 5.74) is 1.05. The maximum absolute atomic E-state index is 10.8. The first-order valence-electron chi connectivity index (χ1n) is 7.31. The van der Waals surface area contributed by atoms with Gasteiger partial charge in [0.05, 0.1) is 11.7 Å². The Bertz CT molecular complexity index is 438. The molecule has 0 bridgehead atoms. The average Bonchev–Trinajstić information content (AvgIpc) is 2.47. The summed E-state index contributed by atoms with van der Waals surface area (Å²) in [6.07, 6.45) is 3.26. The number of nitrogens with zero attached hydrogens (tertiary/aromatic N) is 1. The summed E-state index contributed by atoms with van der Waals surface area (Å²) in [6.45, 7) is 5.18. The first-order valence-corrected chi connectivity index (χ1v) is 7.31. The van der Waals surface area contributed by atoms with Crippen molar-refractivity contribution in [1.82, 2.24) is 4.90 Å². The Morgan fingerprint density at radius 2 is 1.80 bits per heavy atom. The number of piperidine rings is 1.